The molecule has 98 valence electrons. The van der Waals surface area contributed by atoms with Crippen molar-refractivity contribution in [2.45, 2.75) is 6.42 Å². The van der Waals surface area contributed by atoms with Gasteiger partial charge in [0.1, 0.15) is 0 Å². The van der Waals surface area contributed by atoms with Crippen molar-refractivity contribution in [1.82, 2.24) is 0 Å². The first-order chi connectivity index (χ1) is 8.56. The normalized spacial score (nSPS) is 19.4. The molecule has 1 amide bonds. The Labute approximate surface area is 103 Å². The van der Waals surface area contributed by atoms with Crippen LogP contribution in [0.1, 0.15) is 6.42 Å². The topological polar surface area (TPSA) is 55.6 Å². The van der Waals surface area contributed by atoms with Crippen LogP contribution < -0.4 is 15.4 Å². The van der Waals surface area contributed by atoms with Crippen LogP contribution in [-0.2, 0) is 4.79 Å². The zero-order valence-electron chi connectivity index (χ0n) is 9.95. The number of hydrogen-bond acceptors (Lipinski definition) is 3. The molecular weight excluding hydrogens is 242 g/mol. The fraction of sp³-hybridized carbons (Fsp3) is 0.417. The highest BCUT2D eigenvalue weighted by Crippen LogP contribution is 2.30. The Balaban J connectivity index is 2.32. The lowest BCUT2D eigenvalue weighted by atomic mass is 10.1. The molecular formula is C12H14F2N2O2. The Kier molecular flexibility index (Phi) is 3.47. The summed E-state index contributed by atoms with van der Waals surface area (Å²) in [6.07, 6.45) is 0.311. The van der Waals surface area contributed by atoms with Gasteiger partial charge < -0.3 is 15.4 Å². The summed E-state index contributed by atoms with van der Waals surface area (Å²) < 4.78 is 31.7. The quantitative estimate of drug-likeness (QED) is 0.886. The number of nitrogens with zero attached hydrogens (tertiary/aromatic N) is 1. The smallest absolute Gasteiger partial charge is 0.227 e. The molecule has 1 atom stereocenters. The van der Waals surface area contributed by atoms with Crippen molar-refractivity contribution in [2.24, 2.45) is 11.7 Å². The van der Waals surface area contributed by atoms with Crippen LogP contribution in [0.25, 0.3) is 0 Å². The Hall–Kier alpha value is -1.69. The summed E-state index contributed by atoms with van der Waals surface area (Å²) in [4.78, 5) is 13.1. The van der Waals surface area contributed by atoms with Gasteiger partial charge in [0, 0.05) is 30.8 Å². The number of benzene rings is 1. The van der Waals surface area contributed by atoms with Gasteiger partial charge in [-0.2, -0.15) is 0 Å². The molecule has 0 spiro atoms. The Morgan fingerprint density at radius 3 is 2.50 bits per heavy atom. The first kappa shape index (κ1) is 12.8. The lowest BCUT2D eigenvalue weighted by Gasteiger charge is -2.17. The van der Waals surface area contributed by atoms with Gasteiger partial charge >= 0.3 is 0 Å². The Bertz CT molecular complexity index is 456. The van der Waals surface area contributed by atoms with E-state index in [1.54, 1.807) is 0 Å². The number of methoxy groups -OCH3 is 1. The molecule has 2 N–H and O–H groups in total. The molecule has 1 unspecified atom stereocenters. The van der Waals surface area contributed by atoms with Crippen LogP contribution in [0, 0.1) is 17.6 Å². The minimum absolute atomic E-state index is 0.0331. The van der Waals surface area contributed by atoms with E-state index in [0.29, 0.717) is 19.5 Å². The van der Waals surface area contributed by atoms with Crippen LogP contribution in [-0.4, -0.2) is 26.1 Å². The third-order valence-corrected chi connectivity index (χ3v) is 3.04. The molecule has 1 fully saturated rings. The van der Waals surface area contributed by atoms with Crippen molar-refractivity contribution in [1.29, 1.82) is 0 Å². The van der Waals surface area contributed by atoms with Crippen LogP contribution in [0.5, 0.6) is 5.75 Å². The van der Waals surface area contributed by atoms with Gasteiger partial charge in [0.25, 0.3) is 0 Å². The lowest BCUT2D eigenvalue weighted by Crippen LogP contribution is -2.26. The van der Waals surface area contributed by atoms with E-state index < -0.39 is 17.4 Å². The molecule has 1 aromatic carbocycles. The van der Waals surface area contributed by atoms with Crippen molar-refractivity contribution >= 4 is 11.6 Å². The number of carbonyl (C=O) groups is 1. The van der Waals surface area contributed by atoms with Gasteiger partial charge in [-0.15, -0.1) is 0 Å². The molecule has 1 aliphatic rings. The maximum Gasteiger partial charge on any atom is 0.227 e. The number of halogens is 2. The number of ether oxygens (including phenoxy) is 1. The van der Waals surface area contributed by atoms with Crippen LogP contribution in [0.15, 0.2) is 12.1 Å². The number of amides is 1. The third-order valence-electron chi connectivity index (χ3n) is 3.04. The number of carbonyl (C=O) groups excluding carboxylic acids is 1. The SMILES string of the molecule is COc1c(F)cc(N2CC(CN)CC2=O)cc1F. The van der Waals surface area contributed by atoms with Gasteiger partial charge in [0.15, 0.2) is 17.4 Å². The summed E-state index contributed by atoms with van der Waals surface area (Å²) in [6, 6.07) is 2.19. The molecule has 0 saturated carbocycles. The van der Waals surface area contributed by atoms with E-state index in [1.807, 2.05) is 0 Å². The summed E-state index contributed by atoms with van der Waals surface area (Å²) in [5.74, 6) is -2.23. The Morgan fingerprint density at radius 1 is 1.44 bits per heavy atom. The van der Waals surface area contributed by atoms with E-state index in [2.05, 4.69) is 4.74 Å². The summed E-state index contributed by atoms with van der Waals surface area (Å²) >= 11 is 0. The fourth-order valence-electron chi connectivity index (χ4n) is 2.09. The second kappa shape index (κ2) is 4.89. The van der Waals surface area contributed by atoms with Crippen molar-refractivity contribution in [3.8, 4) is 5.75 Å². The largest absolute Gasteiger partial charge is 0.491 e. The van der Waals surface area contributed by atoms with E-state index in [9.17, 15) is 13.6 Å². The van der Waals surface area contributed by atoms with E-state index in [1.165, 1.54) is 12.0 Å². The van der Waals surface area contributed by atoms with E-state index in [4.69, 9.17) is 5.73 Å². The van der Waals surface area contributed by atoms with Crippen LogP contribution in [0.3, 0.4) is 0 Å². The highest BCUT2D eigenvalue weighted by molar-refractivity contribution is 5.95. The maximum atomic E-state index is 13.5. The minimum Gasteiger partial charge on any atom is -0.491 e. The predicted molar refractivity (Wildman–Crippen MR) is 62.4 cm³/mol. The highest BCUT2D eigenvalue weighted by atomic mass is 19.1. The van der Waals surface area contributed by atoms with E-state index in [0.717, 1.165) is 12.1 Å². The molecule has 1 heterocycles. The summed E-state index contributed by atoms with van der Waals surface area (Å²) in [5.41, 5.74) is 5.70. The first-order valence-electron chi connectivity index (χ1n) is 5.60. The van der Waals surface area contributed by atoms with Gasteiger partial charge in [-0.05, 0) is 12.5 Å². The molecule has 1 saturated heterocycles. The summed E-state index contributed by atoms with van der Waals surface area (Å²) in [6.45, 7) is 0.768. The van der Waals surface area contributed by atoms with E-state index in [-0.39, 0.29) is 17.5 Å². The van der Waals surface area contributed by atoms with Crippen molar-refractivity contribution in [3.63, 3.8) is 0 Å². The van der Waals surface area contributed by atoms with Gasteiger partial charge in [0.05, 0.1) is 7.11 Å². The minimum atomic E-state index is -0.823. The van der Waals surface area contributed by atoms with Crippen LogP contribution in [0.2, 0.25) is 0 Å². The number of rotatable bonds is 3. The third kappa shape index (κ3) is 2.15. The average molecular weight is 256 g/mol. The summed E-state index contributed by atoms with van der Waals surface area (Å²) in [5, 5.41) is 0. The number of anilines is 1. The van der Waals surface area contributed by atoms with Gasteiger partial charge in [-0.25, -0.2) is 8.78 Å². The highest BCUT2D eigenvalue weighted by Gasteiger charge is 2.30. The zero-order chi connectivity index (χ0) is 13.3. The van der Waals surface area contributed by atoms with Gasteiger partial charge in [-0.3, -0.25) is 4.79 Å². The molecule has 0 aromatic heterocycles. The standard InChI is InChI=1S/C12H14F2N2O2/c1-18-12-9(13)3-8(4-10(12)14)16-6-7(5-15)2-11(16)17/h3-4,7H,2,5-6,15H2,1H3. The number of hydrogen-bond donors (Lipinski definition) is 1. The fourth-order valence-corrected chi connectivity index (χ4v) is 2.09. The molecule has 2 rings (SSSR count). The molecule has 0 radical (unpaired) electrons. The molecule has 1 aliphatic heterocycles. The van der Waals surface area contributed by atoms with Gasteiger partial charge in [-0.1, -0.05) is 0 Å². The van der Waals surface area contributed by atoms with E-state index >= 15 is 0 Å². The van der Waals surface area contributed by atoms with Crippen LogP contribution in [0.4, 0.5) is 14.5 Å². The maximum absolute atomic E-state index is 13.5. The molecule has 6 heteroatoms. The molecule has 18 heavy (non-hydrogen) atoms. The summed E-state index contributed by atoms with van der Waals surface area (Å²) in [7, 11) is 1.19. The van der Waals surface area contributed by atoms with Crippen molar-refractivity contribution < 1.29 is 18.3 Å². The lowest BCUT2D eigenvalue weighted by molar-refractivity contribution is -0.117. The second-order valence-corrected chi connectivity index (χ2v) is 4.25. The van der Waals surface area contributed by atoms with Crippen molar-refractivity contribution in [3.05, 3.63) is 23.8 Å². The zero-order valence-corrected chi connectivity index (χ0v) is 9.95. The molecule has 4 nitrogen and oxygen atoms in total. The monoisotopic (exact) mass is 256 g/mol. The number of nitrogens with two attached hydrogens (primary N) is 1. The Morgan fingerprint density at radius 2 is 2.06 bits per heavy atom. The average Bonchev–Trinajstić information content (AvgIpc) is 2.70. The van der Waals surface area contributed by atoms with Crippen molar-refractivity contribution in [2.75, 3.05) is 25.1 Å². The molecule has 0 aliphatic carbocycles. The second-order valence-electron chi connectivity index (χ2n) is 4.25. The van der Waals surface area contributed by atoms with Gasteiger partial charge in [0.2, 0.25) is 5.91 Å². The first-order valence-corrected chi connectivity index (χ1v) is 5.60. The molecule has 0 bridgehead atoms. The van der Waals surface area contributed by atoms with Crippen LogP contribution >= 0.6 is 0 Å². The predicted octanol–water partition coefficient (Wildman–Crippen LogP) is 1.28. The molecule has 1 aromatic rings.